The maximum absolute atomic E-state index is 14.2. The van der Waals surface area contributed by atoms with Crippen molar-refractivity contribution < 1.29 is 18.3 Å². The van der Waals surface area contributed by atoms with Crippen LogP contribution in [0, 0.1) is 24.0 Å². The molecule has 1 fully saturated rings. The highest BCUT2D eigenvalue weighted by Gasteiger charge is 2.23. The highest BCUT2D eigenvalue weighted by molar-refractivity contribution is 5.74. The number of nitrogens with zero attached hydrogens (tertiary/aromatic N) is 2. The standard InChI is InChI=1S/C24H27F2N3O2/c1-3-14-31-22-8-4-18(5-9-22)16-29(17-19-6-7-20(25)15-23(19)26)24(30)27-21-10-12-28(2)13-11-21/h1,4-9,15,21H,10-14,16-17H2,2H3,(H,27,30). The molecule has 0 aliphatic carbocycles. The zero-order valence-corrected chi connectivity index (χ0v) is 17.6. The van der Waals surface area contributed by atoms with E-state index in [0.29, 0.717) is 5.75 Å². The number of piperidine rings is 1. The second-order valence-electron chi connectivity index (χ2n) is 7.76. The predicted octanol–water partition coefficient (Wildman–Crippen LogP) is 3.78. The summed E-state index contributed by atoms with van der Waals surface area (Å²) in [5.74, 6) is 1.72. The molecule has 1 aliphatic rings. The van der Waals surface area contributed by atoms with Gasteiger partial charge in [0.1, 0.15) is 24.0 Å². The average Bonchev–Trinajstić information content (AvgIpc) is 2.76. The van der Waals surface area contributed by atoms with Crippen molar-refractivity contribution >= 4 is 6.03 Å². The summed E-state index contributed by atoms with van der Waals surface area (Å²) in [5.41, 5.74) is 1.11. The highest BCUT2D eigenvalue weighted by Crippen LogP contribution is 2.18. The lowest BCUT2D eigenvalue weighted by Crippen LogP contribution is -2.48. The van der Waals surface area contributed by atoms with Gasteiger partial charge in [0.15, 0.2) is 0 Å². The van der Waals surface area contributed by atoms with Crippen LogP contribution in [-0.2, 0) is 13.1 Å². The number of carbonyl (C=O) groups excluding carboxylic acids is 1. The summed E-state index contributed by atoms with van der Waals surface area (Å²) in [5, 5.41) is 3.07. The molecule has 0 bridgehead atoms. The molecule has 0 radical (unpaired) electrons. The van der Waals surface area contributed by atoms with Crippen LogP contribution >= 0.6 is 0 Å². The molecule has 31 heavy (non-hydrogen) atoms. The Kier molecular flexibility index (Phi) is 7.85. The molecule has 1 heterocycles. The monoisotopic (exact) mass is 427 g/mol. The third kappa shape index (κ3) is 6.69. The van der Waals surface area contributed by atoms with E-state index in [4.69, 9.17) is 11.2 Å². The van der Waals surface area contributed by atoms with Crippen molar-refractivity contribution in [2.24, 2.45) is 0 Å². The Morgan fingerprint density at radius 1 is 1.19 bits per heavy atom. The van der Waals surface area contributed by atoms with Gasteiger partial charge in [0.05, 0.1) is 6.54 Å². The molecular weight excluding hydrogens is 400 g/mol. The quantitative estimate of drug-likeness (QED) is 0.684. The van der Waals surface area contributed by atoms with Crippen molar-refractivity contribution in [3.8, 4) is 18.1 Å². The van der Waals surface area contributed by atoms with Gasteiger partial charge in [0.25, 0.3) is 0 Å². The summed E-state index contributed by atoms with van der Waals surface area (Å²) in [7, 11) is 2.05. The van der Waals surface area contributed by atoms with Crippen LogP contribution in [-0.4, -0.2) is 48.6 Å². The summed E-state index contributed by atoms with van der Waals surface area (Å²) in [6, 6.07) is 10.4. The highest BCUT2D eigenvalue weighted by atomic mass is 19.1. The third-order valence-electron chi connectivity index (χ3n) is 5.33. The molecule has 3 rings (SSSR count). The summed E-state index contributed by atoms with van der Waals surface area (Å²) in [4.78, 5) is 16.8. The van der Waals surface area contributed by atoms with Gasteiger partial charge >= 0.3 is 6.03 Å². The van der Waals surface area contributed by atoms with E-state index in [1.807, 2.05) is 12.1 Å². The number of ether oxygens (including phenoxy) is 1. The van der Waals surface area contributed by atoms with Gasteiger partial charge in [-0.15, -0.1) is 6.42 Å². The number of likely N-dealkylation sites (tertiary alicyclic amines) is 1. The van der Waals surface area contributed by atoms with Crippen molar-refractivity contribution in [2.45, 2.75) is 32.0 Å². The molecular formula is C24H27F2N3O2. The SMILES string of the molecule is C#CCOc1ccc(CN(Cc2ccc(F)cc2F)C(=O)NC2CCN(C)CC2)cc1. The number of hydrogen-bond donors (Lipinski definition) is 1. The number of rotatable bonds is 7. The number of urea groups is 1. The lowest BCUT2D eigenvalue weighted by Gasteiger charge is -2.32. The number of halogens is 2. The van der Waals surface area contributed by atoms with Gasteiger partial charge in [-0.3, -0.25) is 0 Å². The fourth-order valence-electron chi connectivity index (χ4n) is 3.51. The fraction of sp³-hybridized carbons (Fsp3) is 0.375. The number of nitrogens with one attached hydrogen (secondary N) is 1. The zero-order valence-electron chi connectivity index (χ0n) is 17.6. The molecule has 0 spiro atoms. The van der Waals surface area contributed by atoms with Crippen molar-refractivity contribution in [1.29, 1.82) is 0 Å². The number of terminal acetylenes is 1. The van der Waals surface area contributed by atoms with E-state index in [9.17, 15) is 13.6 Å². The summed E-state index contributed by atoms with van der Waals surface area (Å²) >= 11 is 0. The molecule has 164 valence electrons. The van der Waals surface area contributed by atoms with E-state index < -0.39 is 11.6 Å². The first-order valence-corrected chi connectivity index (χ1v) is 10.3. The maximum Gasteiger partial charge on any atom is 0.318 e. The van der Waals surface area contributed by atoms with E-state index >= 15 is 0 Å². The van der Waals surface area contributed by atoms with Gasteiger partial charge in [-0.05, 0) is 56.7 Å². The van der Waals surface area contributed by atoms with Crippen LogP contribution < -0.4 is 10.1 Å². The maximum atomic E-state index is 14.2. The molecule has 2 aromatic carbocycles. The molecule has 2 aromatic rings. The fourth-order valence-corrected chi connectivity index (χ4v) is 3.51. The Morgan fingerprint density at radius 3 is 2.55 bits per heavy atom. The van der Waals surface area contributed by atoms with Crippen molar-refractivity contribution in [1.82, 2.24) is 15.1 Å². The average molecular weight is 427 g/mol. The molecule has 1 aliphatic heterocycles. The van der Waals surface area contributed by atoms with Gasteiger partial charge in [0.2, 0.25) is 0 Å². The normalized spacial score (nSPS) is 14.6. The van der Waals surface area contributed by atoms with Crippen molar-refractivity contribution in [3.63, 3.8) is 0 Å². The summed E-state index contributed by atoms with van der Waals surface area (Å²) in [6.45, 7) is 2.30. The third-order valence-corrected chi connectivity index (χ3v) is 5.33. The van der Waals surface area contributed by atoms with Crippen LogP contribution in [0.15, 0.2) is 42.5 Å². The van der Waals surface area contributed by atoms with Crippen LogP contribution in [0.3, 0.4) is 0 Å². The van der Waals surface area contributed by atoms with Crippen molar-refractivity contribution in [3.05, 3.63) is 65.2 Å². The number of hydrogen-bond acceptors (Lipinski definition) is 3. The number of carbonyl (C=O) groups is 1. The number of benzene rings is 2. The Labute approximate surface area is 182 Å². The van der Waals surface area contributed by atoms with E-state index in [1.165, 1.54) is 17.0 Å². The van der Waals surface area contributed by atoms with Gasteiger partial charge in [-0.1, -0.05) is 24.1 Å². The van der Waals surface area contributed by atoms with Crippen LogP contribution in [0.25, 0.3) is 0 Å². The van der Waals surface area contributed by atoms with E-state index in [2.05, 4.69) is 23.2 Å². The number of amides is 2. The van der Waals surface area contributed by atoms with Gasteiger partial charge in [0, 0.05) is 24.2 Å². The van der Waals surface area contributed by atoms with E-state index in [0.717, 1.165) is 37.6 Å². The minimum Gasteiger partial charge on any atom is -0.481 e. The van der Waals surface area contributed by atoms with Crippen molar-refractivity contribution in [2.75, 3.05) is 26.7 Å². The smallest absolute Gasteiger partial charge is 0.318 e. The van der Waals surface area contributed by atoms with Gasteiger partial charge in [-0.2, -0.15) is 0 Å². The predicted molar refractivity (Wildman–Crippen MR) is 115 cm³/mol. The van der Waals surface area contributed by atoms with Crippen LogP contribution in [0.5, 0.6) is 5.75 Å². The van der Waals surface area contributed by atoms with E-state index in [-0.39, 0.29) is 37.3 Å². The zero-order chi connectivity index (χ0) is 22.2. The summed E-state index contributed by atoms with van der Waals surface area (Å²) in [6.07, 6.45) is 6.93. The molecule has 1 saturated heterocycles. The Balaban J connectivity index is 1.73. The first-order valence-electron chi connectivity index (χ1n) is 10.3. The van der Waals surface area contributed by atoms with Crippen LogP contribution in [0.2, 0.25) is 0 Å². The second-order valence-corrected chi connectivity index (χ2v) is 7.76. The minimum atomic E-state index is -0.671. The first kappa shape index (κ1) is 22.6. The molecule has 0 atom stereocenters. The minimum absolute atomic E-state index is 0.0277. The topological polar surface area (TPSA) is 44.8 Å². The lowest BCUT2D eigenvalue weighted by molar-refractivity contribution is 0.175. The molecule has 2 amide bonds. The molecule has 1 N–H and O–H groups in total. The Hall–Kier alpha value is -3.11. The molecule has 0 unspecified atom stereocenters. The van der Waals surface area contributed by atoms with Gasteiger partial charge in [-0.25, -0.2) is 13.6 Å². The Bertz CT molecular complexity index is 919. The van der Waals surface area contributed by atoms with Gasteiger partial charge < -0.3 is 19.9 Å². The molecule has 7 heteroatoms. The van der Waals surface area contributed by atoms with Crippen LogP contribution in [0.4, 0.5) is 13.6 Å². The molecule has 0 saturated carbocycles. The molecule has 5 nitrogen and oxygen atoms in total. The van der Waals surface area contributed by atoms with E-state index in [1.54, 1.807) is 12.1 Å². The lowest BCUT2D eigenvalue weighted by atomic mass is 10.1. The van der Waals surface area contributed by atoms with Crippen LogP contribution in [0.1, 0.15) is 24.0 Å². The largest absolute Gasteiger partial charge is 0.481 e. The second kappa shape index (κ2) is 10.8. The Morgan fingerprint density at radius 2 is 1.90 bits per heavy atom. The first-order chi connectivity index (χ1) is 14.9. The molecule has 0 aromatic heterocycles. The summed E-state index contributed by atoms with van der Waals surface area (Å²) < 4.78 is 32.9.